The van der Waals surface area contributed by atoms with E-state index in [9.17, 15) is 0 Å². The molecular weight excluding hydrogens is 444 g/mol. The maximum atomic E-state index is 6.07. The Bertz CT molecular complexity index is 307. The molecule has 0 N–H and O–H groups in total. The van der Waals surface area contributed by atoms with Crippen molar-refractivity contribution < 1.29 is 36.7 Å². The van der Waals surface area contributed by atoms with Gasteiger partial charge in [0.15, 0.2) is 0 Å². The molecular formula is C24H52O8Si. The summed E-state index contributed by atoms with van der Waals surface area (Å²) in [5.74, 6) is 0. The number of hydrogen-bond acceptors (Lipinski definition) is 8. The van der Waals surface area contributed by atoms with E-state index in [0.29, 0.717) is 52.9 Å². The van der Waals surface area contributed by atoms with Crippen molar-refractivity contribution in [3.63, 3.8) is 0 Å². The molecule has 33 heavy (non-hydrogen) atoms. The minimum absolute atomic E-state index is 0.347. The van der Waals surface area contributed by atoms with Crippen LogP contribution in [-0.2, 0) is 36.7 Å². The molecule has 0 bridgehead atoms. The zero-order chi connectivity index (χ0) is 24.3. The van der Waals surface area contributed by atoms with E-state index in [-0.39, 0.29) is 0 Å². The zero-order valence-electron chi connectivity index (χ0n) is 21.9. The molecule has 8 nitrogen and oxygen atoms in total. The van der Waals surface area contributed by atoms with Crippen LogP contribution in [0.2, 0.25) is 0 Å². The summed E-state index contributed by atoms with van der Waals surface area (Å²) in [7, 11) is -3.39. The summed E-state index contributed by atoms with van der Waals surface area (Å²) in [4.78, 5) is 0. The molecule has 0 amide bonds. The molecule has 0 rings (SSSR count). The first-order chi connectivity index (χ1) is 16.2. The number of rotatable bonds is 28. The Labute approximate surface area is 204 Å². The van der Waals surface area contributed by atoms with Gasteiger partial charge in [-0.1, -0.05) is 53.4 Å². The highest BCUT2D eigenvalue weighted by Gasteiger charge is 2.46. The zero-order valence-corrected chi connectivity index (χ0v) is 22.9. The number of unbranched alkanes of at least 4 members (excludes halogenated alkanes) is 4. The molecule has 0 aliphatic rings. The minimum atomic E-state index is -3.39. The lowest BCUT2D eigenvalue weighted by molar-refractivity contribution is -0.0690. The number of ether oxygens (including phenoxy) is 4. The summed E-state index contributed by atoms with van der Waals surface area (Å²) in [6, 6.07) is 0. The van der Waals surface area contributed by atoms with Gasteiger partial charge in [0, 0.05) is 26.4 Å². The van der Waals surface area contributed by atoms with Gasteiger partial charge in [0.05, 0.1) is 52.9 Å². The predicted octanol–water partition coefficient (Wildman–Crippen LogP) is 4.76. The van der Waals surface area contributed by atoms with E-state index in [4.69, 9.17) is 36.7 Å². The van der Waals surface area contributed by atoms with Crippen LogP contribution in [0.1, 0.15) is 79.1 Å². The van der Waals surface area contributed by atoms with Gasteiger partial charge in [-0.05, 0) is 25.7 Å². The van der Waals surface area contributed by atoms with Gasteiger partial charge in [-0.15, -0.1) is 0 Å². The van der Waals surface area contributed by atoms with Crippen molar-refractivity contribution in [1.29, 1.82) is 0 Å². The van der Waals surface area contributed by atoms with Crippen LogP contribution < -0.4 is 0 Å². The fourth-order valence-electron chi connectivity index (χ4n) is 2.55. The van der Waals surface area contributed by atoms with Crippen LogP contribution in [-0.4, -0.2) is 88.3 Å². The van der Waals surface area contributed by atoms with Crippen molar-refractivity contribution in [3.8, 4) is 0 Å². The highest BCUT2D eigenvalue weighted by molar-refractivity contribution is 6.53. The quantitative estimate of drug-likeness (QED) is 0.113. The average molecular weight is 497 g/mol. The van der Waals surface area contributed by atoms with Crippen molar-refractivity contribution in [2.75, 3.05) is 79.3 Å². The molecule has 0 saturated carbocycles. The molecule has 0 aliphatic carbocycles. The van der Waals surface area contributed by atoms with Crippen molar-refractivity contribution in [2.45, 2.75) is 79.1 Å². The highest BCUT2D eigenvalue weighted by Crippen LogP contribution is 2.13. The Balaban J connectivity index is 4.74. The van der Waals surface area contributed by atoms with Gasteiger partial charge in [-0.3, -0.25) is 0 Å². The second-order valence-electron chi connectivity index (χ2n) is 7.76. The maximum absolute atomic E-state index is 6.07. The van der Waals surface area contributed by atoms with Gasteiger partial charge in [-0.25, -0.2) is 0 Å². The van der Waals surface area contributed by atoms with Gasteiger partial charge in [0.2, 0.25) is 0 Å². The van der Waals surface area contributed by atoms with Crippen molar-refractivity contribution in [1.82, 2.24) is 0 Å². The maximum Gasteiger partial charge on any atom is 0.680 e. The third-order valence-electron chi connectivity index (χ3n) is 4.59. The molecule has 0 fully saturated rings. The summed E-state index contributed by atoms with van der Waals surface area (Å²) in [6.07, 6.45) is 8.53. The van der Waals surface area contributed by atoms with Crippen LogP contribution in [0.3, 0.4) is 0 Å². The molecule has 200 valence electrons. The number of hydrogen-bond donors (Lipinski definition) is 0. The Morgan fingerprint density at radius 2 is 0.576 bits per heavy atom. The van der Waals surface area contributed by atoms with Crippen LogP contribution in [0.5, 0.6) is 0 Å². The lowest BCUT2D eigenvalue weighted by Gasteiger charge is -2.28. The van der Waals surface area contributed by atoms with Gasteiger partial charge < -0.3 is 36.7 Å². The fraction of sp³-hybridized carbons (Fsp3) is 1.00. The summed E-state index contributed by atoms with van der Waals surface area (Å²) < 4.78 is 46.8. The third-order valence-corrected chi connectivity index (χ3v) is 6.83. The second-order valence-corrected chi connectivity index (χ2v) is 9.91. The smallest absolute Gasteiger partial charge is 0.379 e. The Morgan fingerprint density at radius 1 is 0.333 bits per heavy atom. The molecule has 0 aromatic rings. The monoisotopic (exact) mass is 496 g/mol. The van der Waals surface area contributed by atoms with E-state index in [2.05, 4.69) is 27.7 Å². The highest BCUT2D eigenvalue weighted by atomic mass is 28.4. The molecule has 0 spiro atoms. The van der Waals surface area contributed by atoms with Crippen LogP contribution in [0.4, 0.5) is 0 Å². The SMILES string of the molecule is CCCCOCCO[Si](OCCOCCCC)(OCCOCCCC)OCCOCCCC. The Morgan fingerprint density at radius 3 is 0.788 bits per heavy atom. The first-order valence-corrected chi connectivity index (χ1v) is 14.7. The third kappa shape index (κ3) is 22.1. The van der Waals surface area contributed by atoms with Crippen LogP contribution >= 0.6 is 0 Å². The van der Waals surface area contributed by atoms with Crippen LogP contribution in [0.25, 0.3) is 0 Å². The second kappa shape index (κ2) is 26.5. The lowest BCUT2D eigenvalue weighted by atomic mass is 10.4. The molecule has 0 atom stereocenters. The Hall–Kier alpha value is -0.103. The minimum Gasteiger partial charge on any atom is -0.379 e. The van der Waals surface area contributed by atoms with Gasteiger partial charge in [0.1, 0.15) is 0 Å². The molecule has 0 aliphatic heterocycles. The summed E-state index contributed by atoms with van der Waals surface area (Å²) in [5.41, 5.74) is 0. The summed E-state index contributed by atoms with van der Waals surface area (Å²) in [6.45, 7) is 14.7. The molecule has 0 unspecified atom stereocenters. The van der Waals surface area contributed by atoms with Gasteiger partial charge in [-0.2, -0.15) is 0 Å². The van der Waals surface area contributed by atoms with Crippen molar-refractivity contribution in [3.05, 3.63) is 0 Å². The van der Waals surface area contributed by atoms with Crippen molar-refractivity contribution >= 4 is 9.05 Å². The average Bonchev–Trinajstić information content (AvgIpc) is 2.83. The molecule has 0 heterocycles. The first-order valence-electron chi connectivity index (χ1n) is 13.1. The molecule has 0 aromatic heterocycles. The molecule has 0 aromatic carbocycles. The van der Waals surface area contributed by atoms with Crippen LogP contribution in [0, 0.1) is 0 Å². The fourth-order valence-corrected chi connectivity index (χ4v) is 4.38. The largest absolute Gasteiger partial charge is 0.680 e. The van der Waals surface area contributed by atoms with Gasteiger partial charge >= 0.3 is 9.05 Å². The molecule has 9 heteroatoms. The summed E-state index contributed by atoms with van der Waals surface area (Å²) >= 11 is 0. The predicted molar refractivity (Wildman–Crippen MR) is 132 cm³/mol. The van der Waals surface area contributed by atoms with E-state index in [1.165, 1.54) is 0 Å². The van der Waals surface area contributed by atoms with E-state index < -0.39 is 9.05 Å². The van der Waals surface area contributed by atoms with Crippen LogP contribution in [0.15, 0.2) is 0 Å². The Kier molecular flexibility index (Phi) is 26.4. The van der Waals surface area contributed by atoms with Gasteiger partial charge in [0.25, 0.3) is 0 Å². The molecule has 0 saturated heterocycles. The topological polar surface area (TPSA) is 73.8 Å². The first kappa shape index (κ1) is 32.9. The standard InChI is InChI=1S/C24H52O8Si/c1-5-9-13-25-17-21-29-33(30-22-18-26-14-10-6-2,31-23-19-27-15-11-7-3)32-24-20-28-16-12-8-4/h5-24H2,1-4H3. The van der Waals surface area contributed by atoms with E-state index in [1.807, 2.05) is 0 Å². The summed E-state index contributed by atoms with van der Waals surface area (Å²) in [5, 5.41) is 0. The molecule has 0 radical (unpaired) electrons. The normalized spacial score (nSPS) is 12.0. The lowest BCUT2D eigenvalue weighted by Crippen LogP contribution is -2.51. The van der Waals surface area contributed by atoms with Crippen molar-refractivity contribution in [2.24, 2.45) is 0 Å². The van der Waals surface area contributed by atoms with E-state index >= 15 is 0 Å². The van der Waals surface area contributed by atoms with E-state index in [1.54, 1.807) is 0 Å². The van der Waals surface area contributed by atoms with E-state index in [0.717, 1.165) is 77.8 Å².